The molecule has 1 aliphatic carbocycles. The van der Waals surface area contributed by atoms with Crippen LogP contribution in [-0.4, -0.2) is 6.23 Å². The van der Waals surface area contributed by atoms with Gasteiger partial charge in [0, 0.05) is 5.69 Å². The molecule has 108 valence electrons. The number of benzene rings is 3. The van der Waals surface area contributed by atoms with E-state index in [1.807, 2.05) is 0 Å². The molecule has 2 aliphatic rings. The molecule has 0 aromatic heterocycles. The van der Waals surface area contributed by atoms with Crippen LogP contribution >= 0.6 is 0 Å². The predicted octanol–water partition coefficient (Wildman–Crippen LogP) is 4.82. The van der Waals surface area contributed by atoms with Gasteiger partial charge in [-0.15, -0.1) is 0 Å². The third kappa shape index (κ3) is 1.48. The SMILES string of the molecule is C[C@@H]1O[C@@H]2c3cccc4cccc(c34)[C@H]2N1c1ccccc1. The Hall–Kier alpha value is -2.32. The highest BCUT2D eigenvalue weighted by molar-refractivity contribution is 5.92. The Labute approximate surface area is 129 Å². The van der Waals surface area contributed by atoms with Crippen molar-refractivity contribution in [2.24, 2.45) is 0 Å². The average Bonchev–Trinajstić information content (AvgIpc) is 3.05. The maximum Gasteiger partial charge on any atom is 0.128 e. The molecule has 0 unspecified atom stereocenters. The zero-order valence-corrected chi connectivity index (χ0v) is 12.4. The van der Waals surface area contributed by atoms with Crippen molar-refractivity contribution in [1.82, 2.24) is 0 Å². The molecule has 0 amide bonds. The van der Waals surface area contributed by atoms with E-state index >= 15 is 0 Å². The molecule has 5 rings (SSSR count). The fourth-order valence-corrected chi connectivity index (χ4v) is 4.13. The van der Waals surface area contributed by atoms with Crippen LogP contribution in [0.3, 0.4) is 0 Å². The monoisotopic (exact) mass is 287 g/mol. The summed E-state index contributed by atoms with van der Waals surface area (Å²) in [5, 5.41) is 2.70. The van der Waals surface area contributed by atoms with Crippen molar-refractivity contribution < 1.29 is 4.74 Å². The molecular formula is C20H17NO. The van der Waals surface area contributed by atoms with Crippen LogP contribution in [0.15, 0.2) is 66.7 Å². The van der Waals surface area contributed by atoms with Gasteiger partial charge in [0.1, 0.15) is 12.3 Å². The lowest BCUT2D eigenvalue weighted by atomic mass is 10.0. The molecule has 1 saturated heterocycles. The van der Waals surface area contributed by atoms with Gasteiger partial charge in [-0.2, -0.15) is 0 Å². The first-order valence-corrected chi connectivity index (χ1v) is 7.85. The van der Waals surface area contributed by atoms with E-state index < -0.39 is 0 Å². The number of nitrogens with zero attached hydrogens (tertiary/aromatic N) is 1. The first-order valence-electron chi connectivity index (χ1n) is 7.85. The molecule has 0 radical (unpaired) electrons. The topological polar surface area (TPSA) is 12.5 Å². The van der Waals surface area contributed by atoms with Gasteiger partial charge in [-0.05, 0) is 41.0 Å². The highest BCUT2D eigenvalue weighted by Gasteiger charge is 2.47. The minimum Gasteiger partial charge on any atom is -0.348 e. The van der Waals surface area contributed by atoms with Crippen LogP contribution in [0.5, 0.6) is 0 Å². The minimum atomic E-state index is 0.0843. The number of para-hydroxylation sites is 1. The Balaban J connectivity index is 1.74. The maximum absolute atomic E-state index is 6.35. The van der Waals surface area contributed by atoms with Gasteiger partial charge >= 0.3 is 0 Å². The van der Waals surface area contributed by atoms with E-state index in [0.29, 0.717) is 0 Å². The zero-order valence-electron chi connectivity index (χ0n) is 12.4. The average molecular weight is 287 g/mol. The molecular weight excluding hydrogens is 270 g/mol. The van der Waals surface area contributed by atoms with Crippen molar-refractivity contribution >= 4 is 16.5 Å². The molecule has 0 spiro atoms. The van der Waals surface area contributed by atoms with Crippen molar-refractivity contribution in [1.29, 1.82) is 0 Å². The molecule has 1 fully saturated rings. The Bertz CT molecular complexity index is 853. The first kappa shape index (κ1) is 12.2. The Kier molecular flexibility index (Phi) is 2.42. The third-order valence-corrected chi connectivity index (χ3v) is 4.97. The first-order chi connectivity index (χ1) is 10.8. The molecule has 2 heteroatoms. The van der Waals surface area contributed by atoms with Gasteiger partial charge in [0.05, 0.1) is 6.04 Å². The van der Waals surface area contributed by atoms with Crippen molar-refractivity contribution in [3.05, 3.63) is 77.9 Å². The van der Waals surface area contributed by atoms with Gasteiger partial charge in [-0.3, -0.25) is 0 Å². The van der Waals surface area contributed by atoms with Crippen LogP contribution in [0.1, 0.15) is 30.2 Å². The van der Waals surface area contributed by atoms with Crippen LogP contribution in [0, 0.1) is 0 Å². The number of anilines is 1. The van der Waals surface area contributed by atoms with Crippen LogP contribution in [0.25, 0.3) is 10.8 Å². The molecule has 3 aromatic rings. The molecule has 0 bridgehead atoms. The normalized spacial score (nSPS) is 25.7. The summed E-state index contributed by atoms with van der Waals surface area (Å²) >= 11 is 0. The standard InChI is InChI=1S/C20H17NO/c1-13-21(15-9-3-2-4-10-15)19-16-11-5-7-14-8-6-12-17(18(14)16)20(19)22-13/h2-13,19-20H,1H3/t13-,19+,20+/m0/s1. The molecule has 22 heavy (non-hydrogen) atoms. The fraction of sp³-hybridized carbons (Fsp3) is 0.200. The summed E-state index contributed by atoms with van der Waals surface area (Å²) in [7, 11) is 0. The lowest BCUT2D eigenvalue weighted by molar-refractivity contribution is 0.0544. The molecule has 2 nitrogen and oxygen atoms in total. The highest BCUT2D eigenvalue weighted by Crippen LogP contribution is 2.54. The number of rotatable bonds is 1. The van der Waals surface area contributed by atoms with Gasteiger partial charge in [-0.25, -0.2) is 0 Å². The summed E-state index contributed by atoms with van der Waals surface area (Å²) in [5.74, 6) is 0. The summed E-state index contributed by atoms with van der Waals surface area (Å²) in [4.78, 5) is 2.42. The third-order valence-electron chi connectivity index (χ3n) is 4.97. The van der Waals surface area contributed by atoms with E-state index in [0.717, 1.165) is 0 Å². The number of fused-ring (bicyclic) bond motifs is 3. The van der Waals surface area contributed by atoms with Crippen LogP contribution in [0.2, 0.25) is 0 Å². The Morgan fingerprint density at radius 1 is 0.818 bits per heavy atom. The molecule has 3 aromatic carbocycles. The lowest BCUT2D eigenvalue weighted by Crippen LogP contribution is -2.29. The van der Waals surface area contributed by atoms with Gasteiger partial charge in [0.15, 0.2) is 0 Å². The molecule has 1 heterocycles. The Morgan fingerprint density at radius 2 is 1.55 bits per heavy atom. The fourth-order valence-electron chi connectivity index (χ4n) is 4.13. The van der Waals surface area contributed by atoms with E-state index in [-0.39, 0.29) is 18.4 Å². The van der Waals surface area contributed by atoms with Crippen LogP contribution < -0.4 is 4.90 Å². The number of hydrogen-bond acceptors (Lipinski definition) is 2. The second kappa shape index (κ2) is 4.34. The smallest absolute Gasteiger partial charge is 0.128 e. The second-order valence-corrected chi connectivity index (χ2v) is 6.14. The zero-order chi connectivity index (χ0) is 14.7. The predicted molar refractivity (Wildman–Crippen MR) is 88.9 cm³/mol. The summed E-state index contributed by atoms with van der Waals surface area (Å²) in [5.41, 5.74) is 3.96. The summed E-state index contributed by atoms with van der Waals surface area (Å²) < 4.78 is 6.35. The largest absolute Gasteiger partial charge is 0.348 e. The minimum absolute atomic E-state index is 0.0843. The lowest BCUT2D eigenvalue weighted by Gasteiger charge is -2.28. The molecule has 3 atom stereocenters. The molecule has 1 aliphatic heterocycles. The van der Waals surface area contributed by atoms with Gasteiger partial charge in [0.25, 0.3) is 0 Å². The molecule has 0 N–H and O–H groups in total. The second-order valence-electron chi connectivity index (χ2n) is 6.14. The van der Waals surface area contributed by atoms with Crippen molar-refractivity contribution in [3.63, 3.8) is 0 Å². The summed E-state index contributed by atoms with van der Waals surface area (Å²) in [6, 6.07) is 24.0. The van der Waals surface area contributed by atoms with Crippen molar-refractivity contribution in [2.75, 3.05) is 4.90 Å². The van der Waals surface area contributed by atoms with Crippen molar-refractivity contribution in [3.8, 4) is 0 Å². The van der Waals surface area contributed by atoms with E-state index in [4.69, 9.17) is 4.74 Å². The van der Waals surface area contributed by atoms with Crippen LogP contribution in [-0.2, 0) is 4.74 Å². The molecule has 0 saturated carbocycles. The van der Waals surface area contributed by atoms with E-state index in [1.165, 1.54) is 27.6 Å². The number of ether oxygens (including phenoxy) is 1. The highest BCUT2D eigenvalue weighted by atomic mass is 16.5. The van der Waals surface area contributed by atoms with E-state index in [1.54, 1.807) is 0 Å². The summed E-state index contributed by atoms with van der Waals surface area (Å²) in [6.45, 7) is 2.15. The van der Waals surface area contributed by atoms with Gasteiger partial charge in [0.2, 0.25) is 0 Å². The quantitative estimate of drug-likeness (QED) is 0.636. The number of hydrogen-bond donors (Lipinski definition) is 0. The Morgan fingerprint density at radius 3 is 2.32 bits per heavy atom. The van der Waals surface area contributed by atoms with Crippen molar-refractivity contribution in [2.45, 2.75) is 25.3 Å². The van der Waals surface area contributed by atoms with Crippen LogP contribution in [0.4, 0.5) is 5.69 Å². The summed E-state index contributed by atoms with van der Waals surface area (Å²) in [6.07, 6.45) is 0.220. The van der Waals surface area contributed by atoms with E-state index in [2.05, 4.69) is 78.6 Å². The van der Waals surface area contributed by atoms with E-state index in [9.17, 15) is 0 Å². The van der Waals surface area contributed by atoms with Gasteiger partial charge < -0.3 is 9.64 Å². The van der Waals surface area contributed by atoms with Gasteiger partial charge in [-0.1, -0.05) is 54.6 Å². The maximum atomic E-state index is 6.35.